The summed E-state index contributed by atoms with van der Waals surface area (Å²) in [7, 11) is 0. The molecule has 1 N–H and O–H groups in total. The minimum Gasteiger partial charge on any atom is -0.481 e. The standard InChI is InChI=1S/C14H15ClN2O2/c1-14(2,9-13(18)19)10-3-5-11(6-4-10)17-12(15)7-8-16-17/h3-8H,9H2,1-2H3,(H,18,19). The summed E-state index contributed by atoms with van der Waals surface area (Å²) >= 11 is 6.00. The van der Waals surface area contributed by atoms with Gasteiger partial charge in [0.15, 0.2) is 0 Å². The maximum absolute atomic E-state index is 10.9. The number of carbonyl (C=O) groups is 1. The second-order valence-corrected chi connectivity index (χ2v) is 5.45. The molecular formula is C14H15ClN2O2. The number of aromatic nitrogens is 2. The van der Waals surface area contributed by atoms with Crippen LogP contribution in [0.4, 0.5) is 0 Å². The third kappa shape index (κ3) is 2.96. The summed E-state index contributed by atoms with van der Waals surface area (Å²) in [5, 5.41) is 13.6. The molecule has 0 saturated heterocycles. The van der Waals surface area contributed by atoms with E-state index in [0.717, 1.165) is 11.3 Å². The summed E-state index contributed by atoms with van der Waals surface area (Å²) in [6.45, 7) is 3.83. The highest BCUT2D eigenvalue weighted by molar-refractivity contribution is 6.29. The lowest BCUT2D eigenvalue weighted by Crippen LogP contribution is -2.21. The van der Waals surface area contributed by atoms with E-state index in [1.54, 1.807) is 16.9 Å². The average Bonchev–Trinajstić information content (AvgIpc) is 2.74. The molecule has 1 aromatic carbocycles. The zero-order valence-corrected chi connectivity index (χ0v) is 11.6. The van der Waals surface area contributed by atoms with Crippen molar-refractivity contribution in [2.75, 3.05) is 0 Å². The van der Waals surface area contributed by atoms with Gasteiger partial charge in [0, 0.05) is 5.41 Å². The van der Waals surface area contributed by atoms with E-state index in [2.05, 4.69) is 5.10 Å². The van der Waals surface area contributed by atoms with Crippen molar-refractivity contribution in [2.24, 2.45) is 0 Å². The zero-order chi connectivity index (χ0) is 14.0. The number of benzene rings is 1. The molecule has 0 unspecified atom stereocenters. The first-order valence-corrected chi connectivity index (χ1v) is 6.30. The van der Waals surface area contributed by atoms with Gasteiger partial charge in [-0.05, 0) is 23.8 Å². The van der Waals surface area contributed by atoms with E-state index in [1.807, 2.05) is 38.1 Å². The molecule has 0 bridgehead atoms. The van der Waals surface area contributed by atoms with Crippen molar-refractivity contribution in [1.29, 1.82) is 0 Å². The number of carboxylic acids is 1. The molecule has 0 spiro atoms. The molecule has 19 heavy (non-hydrogen) atoms. The molecule has 4 nitrogen and oxygen atoms in total. The van der Waals surface area contributed by atoms with E-state index < -0.39 is 11.4 Å². The van der Waals surface area contributed by atoms with Crippen LogP contribution in [0, 0.1) is 0 Å². The highest BCUT2D eigenvalue weighted by Crippen LogP contribution is 2.28. The Kier molecular flexibility index (Phi) is 3.62. The lowest BCUT2D eigenvalue weighted by Gasteiger charge is -2.23. The molecule has 0 aliphatic rings. The fraction of sp³-hybridized carbons (Fsp3) is 0.286. The van der Waals surface area contributed by atoms with Gasteiger partial charge in [-0.25, -0.2) is 4.68 Å². The van der Waals surface area contributed by atoms with Crippen LogP contribution < -0.4 is 0 Å². The van der Waals surface area contributed by atoms with Gasteiger partial charge in [-0.15, -0.1) is 0 Å². The first kappa shape index (κ1) is 13.6. The van der Waals surface area contributed by atoms with Crippen molar-refractivity contribution in [1.82, 2.24) is 9.78 Å². The molecule has 0 amide bonds. The second-order valence-electron chi connectivity index (χ2n) is 5.07. The topological polar surface area (TPSA) is 55.1 Å². The van der Waals surface area contributed by atoms with Gasteiger partial charge in [0.1, 0.15) is 5.15 Å². The predicted octanol–water partition coefficient (Wildman–Crippen LogP) is 3.28. The molecule has 2 rings (SSSR count). The Balaban J connectivity index is 2.28. The van der Waals surface area contributed by atoms with E-state index in [9.17, 15) is 4.79 Å². The third-order valence-electron chi connectivity index (χ3n) is 3.08. The number of hydrogen-bond acceptors (Lipinski definition) is 2. The van der Waals surface area contributed by atoms with Crippen LogP contribution in [0.5, 0.6) is 0 Å². The predicted molar refractivity (Wildman–Crippen MR) is 73.9 cm³/mol. The van der Waals surface area contributed by atoms with Crippen molar-refractivity contribution in [3.63, 3.8) is 0 Å². The summed E-state index contributed by atoms with van der Waals surface area (Å²) in [5.74, 6) is -0.802. The number of halogens is 1. The Hall–Kier alpha value is -1.81. The average molecular weight is 279 g/mol. The fourth-order valence-electron chi connectivity index (χ4n) is 2.01. The van der Waals surface area contributed by atoms with Crippen LogP contribution in [0.25, 0.3) is 5.69 Å². The molecule has 0 saturated carbocycles. The van der Waals surface area contributed by atoms with Crippen LogP contribution in [0.15, 0.2) is 36.5 Å². The minimum atomic E-state index is -0.802. The third-order valence-corrected chi connectivity index (χ3v) is 3.37. The Bertz CT molecular complexity index is 588. The van der Waals surface area contributed by atoms with Gasteiger partial charge in [-0.2, -0.15) is 5.10 Å². The normalized spacial score (nSPS) is 11.5. The van der Waals surface area contributed by atoms with Gasteiger partial charge in [-0.1, -0.05) is 37.6 Å². The van der Waals surface area contributed by atoms with E-state index >= 15 is 0 Å². The number of nitrogens with zero attached hydrogens (tertiary/aromatic N) is 2. The molecule has 1 heterocycles. The smallest absolute Gasteiger partial charge is 0.304 e. The highest BCUT2D eigenvalue weighted by Gasteiger charge is 2.24. The van der Waals surface area contributed by atoms with Crippen LogP contribution in [0.1, 0.15) is 25.8 Å². The molecule has 1 aromatic heterocycles. The van der Waals surface area contributed by atoms with E-state index in [0.29, 0.717) is 5.15 Å². The van der Waals surface area contributed by atoms with Crippen molar-refractivity contribution >= 4 is 17.6 Å². The van der Waals surface area contributed by atoms with Crippen LogP contribution in [0.3, 0.4) is 0 Å². The summed E-state index contributed by atoms with van der Waals surface area (Å²) < 4.78 is 1.62. The zero-order valence-electron chi connectivity index (χ0n) is 10.8. The molecule has 0 fully saturated rings. The summed E-state index contributed by atoms with van der Waals surface area (Å²) in [5.41, 5.74) is 1.42. The van der Waals surface area contributed by atoms with Crippen molar-refractivity contribution < 1.29 is 9.90 Å². The Morgan fingerprint density at radius 1 is 1.32 bits per heavy atom. The van der Waals surface area contributed by atoms with Gasteiger partial charge >= 0.3 is 5.97 Å². The first-order valence-electron chi connectivity index (χ1n) is 5.92. The molecule has 0 aliphatic carbocycles. The summed E-state index contributed by atoms with van der Waals surface area (Å²) in [6.07, 6.45) is 1.72. The van der Waals surface area contributed by atoms with Gasteiger partial charge in [0.2, 0.25) is 0 Å². The van der Waals surface area contributed by atoms with Crippen molar-refractivity contribution in [3.8, 4) is 5.69 Å². The molecule has 5 heteroatoms. The molecule has 0 radical (unpaired) electrons. The van der Waals surface area contributed by atoms with Gasteiger partial charge < -0.3 is 5.11 Å². The molecule has 100 valence electrons. The van der Waals surface area contributed by atoms with Crippen LogP contribution >= 0.6 is 11.6 Å². The van der Waals surface area contributed by atoms with Gasteiger partial charge in [0.05, 0.1) is 18.3 Å². The Morgan fingerprint density at radius 3 is 2.42 bits per heavy atom. The lowest BCUT2D eigenvalue weighted by atomic mass is 9.81. The van der Waals surface area contributed by atoms with Gasteiger partial charge in [0.25, 0.3) is 0 Å². The number of aliphatic carboxylic acids is 1. The quantitative estimate of drug-likeness (QED) is 0.934. The maximum Gasteiger partial charge on any atom is 0.304 e. The van der Waals surface area contributed by atoms with Crippen LogP contribution in [-0.2, 0) is 10.2 Å². The molecule has 0 atom stereocenters. The number of hydrogen-bond donors (Lipinski definition) is 1. The maximum atomic E-state index is 10.9. The SMILES string of the molecule is CC(C)(CC(=O)O)c1ccc(-n2nccc2Cl)cc1. The Morgan fingerprint density at radius 2 is 1.95 bits per heavy atom. The van der Waals surface area contributed by atoms with E-state index in [4.69, 9.17) is 16.7 Å². The number of rotatable bonds is 4. The minimum absolute atomic E-state index is 0.0921. The van der Waals surface area contributed by atoms with Crippen LogP contribution in [0.2, 0.25) is 5.15 Å². The fourth-order valence-corrected chi connectivity index (χ4v) is 2.21. The summed E-state index contributed by atoms with van der Waals surface area (Å²) in [4.78, 5) is 10.9. The molecule has 0 aliphatic heterocycles. The highest BCUT2D eigenvalue weighted by atomic mass is 35.5. The number of carboxylic acid groups (broad SMARTS) is 1. The van der Waals surface area contributed by atoms with Crippen LogP contribution in [-0.4, -0.2) is 20.9 Å². The van der Waals surface area contributed by atoms with E-state index in [-0.39, 0.29) is 6.42 Å². The first-order chi connectivity index (χ1) is 8.90. The Labute approximate surface area is 116 Å². The monoisotopic (exact) mass is 278 g/mol. The second kappa shape index (κ2) is 5.05. The largest absolute Gasteiger partial charge is 0.481 e. The lowest BCUT2D eigenvalue weighted by molar-refractivity contribution is -0.138. The van der Waals surface area contributed by atoms with E-state index in [1.165, 1.54) is 0 Å². The molecular weight excluding hydrogens is 264 g/mol. The summed E-state index contributed by atoms with van der Waals surface area (Å²) in [6, 6.07) is 9.31. The van der Waals surface area contributed by atoms with Crippen molar-refractivity contribution in [3.05, 3.63) is 47.2 Å². The van der Waals surface area contributed by atoms with Crippen molar-refractivity contribution in [2.45, 2.75) is 25.7 Å². The molecule has 2 aromatic rings. The van der Waals surface area contributed by atoms with Gasteiger partial charge in [-0.3, -0.25) is 4.79 Å².